The Morgan fingerprint density at radius 2 is 2.40 bits per heavy atom. The molecule has 2 aliphatic heterocycles. The molecule has 0 aliphatic carbocycles. The minimum atomic E-state index is 0.119. The van der Waals surface area contributed by atoms with Gasteiger partial charge in [-0.15, -0.1) is 0 Å². The van der Waals surface area contributed by atoms with Crippen LogP contribution >= 0.6 is 0 Å². The minimum absolute atomic E-state index is 0.119. The average molecular weight is 135 g/mol. The van der Waals surface area contributed by atoms with Crippen molar-refractivity contribution >= 4 is 23.4 Å². The van der Waals surface area contributed by atoms with Gasteiger partial charge in [0, 0.05) is 0 Å². The van der Waals surface area contributed by atoms with Gasteiger partial charge in [0.1, 0.15) is 5.71 Å². The lowest BCUT2D eigenvalue weighted by molar-refractivity contribution is -0.116. The van der Waals surface area contributed by atoms with E-state index in [4.69, 9.17) is 0 Å². The summed E-state index contributed by atoms with van der Waals surface area (Å²) in [6, 6.07) is 0. The van der Waals surface area contributed by atoms with Crippen LogP contribution in [0.3, 0.4) is 0 Å². The highest BCUT2D eigenvalue weighted by Gasteiger charge is 2.20. The molecule has 0 aromatic rings. The van der Waals surface area contributed by atoms with Crippen LogP contribution < -0.4 is 0 Å². The lowest BCUT2D eigenvalue weighted by Gasteiger charge is -2.04. The zero-order valence-corrected chi connectivity index (χ0v) is 5.24. The van der Waals surface area contributed by atoms with Crippen LogP contribution in [0.4, 0.5) is 0 Å². The summed E-state index contributed by atoms with van der Waals surface area (Å²) in [6.45, 7) is 0.292. The zero-order valence-electron chi connectivity index (χ0n) is 5.24. The SMILES string of the molecule is O=C1CN=C2C=NN=C2C1. The number of carbonyl (C=O) groups excluding carboxylic acids is 1. The van der Waals surface area contributed by atoms with Gasteiger partial charge in [0.25, 0.3) is 0 Å². The molecule has 0 saturated heterocycles. The van der Waals surface area contributed by atoms with E-state index in [2.05, 4.69) is 15.2 Å². The normalized spacial score (nSPS) is 22.2. The number of aliphatic imine (C=N–C) groups is 1. The van der Waals surface area contributed by atoms with Crippen LogP contribution in [0, 0.1) is 0 Å². The van der Waals surface area contributed by atoms with Crippen LogP contribution in [0.15, 0.2) is 15.2 Å². The third-order valence-electron chi connectivity index (χ3n) is 1.44. The molecular formula is C6H5N3O. The maximum atomic E-state index is 10.8. The van der Waals surface area contributed by atoms with Crippen molar-refractivity contribution in [2.45, 2.75) is 6.42 Å². The number of fused-ring (bicyclic) bond motifs is 1. The fraction of sp³-hybridized carbons (Fsp3) is 0.333. The van der Waals surface area contributed by atoms with E-state index in [-0.39, 0.29) is 5.78 Å². The van der Waals surface area contributed by atoms with Crippen molar-refractivity contribution in [3.05, 3.63) is 0 Å². The van der Waals surface area contributed by atoms with Gasteiger partial charge in [-0.3, -0.25) is 9.79 Å². The summed E-state index contributed by atoms with van der Waals surface area (Å²) in [7, 11) is 0. The number of carbonyl (C=O) groups is 1. The van der Waals surface area contributed by atoms with Gasteiger partial charge < -0.3 is 0 Å². The highest BCUT2D eigenvalue weighted by molar-refractivity contribution is 6.66. The minimum Gasteiger partial charge on any atom is -0.297 e. The molecule has 0 spiro atoms. The molecule has 0 N–H and O–H groups in total. The second kappa shape index (κ2) is 1.83. The van der Waals surface area contributed by atoms with E-state index in [9.17, 15) is 4.79 Å². The molecule has 10 heavy (non-hydrogen) atoms. The van der Waals surface area contributed by atoms with Crippen molar-refractivity contribution in [2.75, 3.05) is 6.54 Å². The van der Waals surface area contributed by atoms with Crippen molar-refractivity contribution in [1.82, 2.24) is 0 Å². The van der Waals surface area contributed by atoms with E-state index in [1.165, 1.54) is 0 Å². The molecule has 0 amide bonds. The number of rotatable bonds is 0. The number of ketones is 1. The fourth-order valence-corrected chi connectivity index (χ4v) is 0.953. The predicted molar refractivity (Wildman–Crippen MR) is 37.9 cm³/mol. The number of hydrogen-bond acceptors (Lipinski definition) is 4. The second-order valence-corrected chi connectivity index (χ2v) is 2.21. The summed E-state index contributed by atoms with van der Waals surface area (Å²) < 4.78 is 0. The highest BCUT2D eigenvalue weighted by atomic mass is 16.1. The maximum Gasteiger partial charge on any atom is 0.160 e. The monoisotopic (exact) mass is 135 g/mol. The molecule has 0 aromatic carbocycles. The van der Waals surface area contributed by atoms with Crippen molar-refractivity contribution in [1.29, 1.82) is 0 Å². The third kappa shape index (κ3) is 0.689. The molecule has 50 valence electrons. The molecule has 0 atom stereocenters. The zero-order chi connectivity index (χ0) is 6.97. The Hall–Kier alpha value is -1.32. The number of hydrogen-bond donors (Lipinski definition) is 0. The fourth-order valence-electron chi connectivity index (χ4n) is 0.953. The van der Waals surface area contributed by atoms with Gasteiger partial charge in [0.05, 0.1) is 24.9 Å². The molecule has 0 bridgehead atoms. The number of nitrogens with zero attached hydrogens (tertiary/aromatic N) is 3. The van der Waals surface area contributed by atoms with Crippen molar-refractivity contribution in [3.63, 3.8) is 0 Å². The quantitative estimate of drug-likeness (QED) is 0.455. The standard InChI is InChI=1S/C6H5N3O/c10-4-1-5-6(7-2-4)3-8-9-5/h3H,1-2H2. The predicted octanol–water partition coefficient (Wildman–Crippen LogP) is -0.159. The lowest BCUT2D eigenvalue weighted by Crippen LogP contribution is -2.24. The Balaban J connectivity index is 2.39. The lowest BCUT2D eigenvalue weighted by atomic mass is 10.1. The molecule has 0 unspecified atom stereocenters. The van der Waals surface area contributed by atoms with Crippen molar-refractivity contribution < 1.29 is 4.79 Å². The summed E-state index contributed by atoms with van der Waals surface area (Å²) in [6.07, 6.45) is 1.99. The van der Waals surface area contributed by atoms with Gasteiger partial charge in [-0.25, -0.2) is 0 Å². The van der Waals surface area contributed by atoms with Crippen molar-refractivity contribution in [3.8, 4) is 0 Å². The van der Waals surface area contributed by atoms with Crippen LogP contribution in [-0.2, 0) is 4.79 Å². The van der Waals surface area contributed by atoms with Gasteiger partial charge in [-0.2, -0.15) is 10.2 Å². The highest BCUT2D eigenvalue weighted by Crippen LogP contribution is 2.04. The summed E-state index contributed by atoms with van der Waals surface area (Å²) >= 11 is 0. The van der Waals surface area contributed by atoms with Gasteiger partial charge >= 0.3 is 0 Å². The topological polar surface area (TPSA) is 54.1 Å². The van der Waals surface area contributed by atoms with E-state index < -0.39 is 0 Å². The van der Waals surface area contributed by atoms with Gasteiger partial charge in [0.2, 0.25) is 0 Å². The first-order valence-electron chi connectivity index (χ1n) is 3.03. The molecule has 0 fully saturated rings. The van der Waals surface area contributed by atoms with E-state index in [1.807, 2.05) is 0 Å². The first-order valence-corrected chi connectivity index (χ1v) is 3.03. The Kier molecular flexibility index (Phi) is 1.00. The summed E-state index contributed by atoms with van der Waals surface area (Å²) in [5.41, 5.74) is 1.50. The summed E-state index contributed by atoms with van der Waals surface area (Å²) in [4.78, 5) is 14.7. The molecule has 0 aromatic heterocycles. The van der Waals surface area contributed by atoms with E-state index >= 15 is 0 Å². The second-order valence-electron chi connectivity index (χ2n) is 2.21. The molecule has 4 nitrogen and oxygen atoms in total. The van der Waals surface area contributed by atoms with Crippen LogP contribution in [0.1, 0.15) is 6.42 Å². The van der Waals surface area contributed by atoms with E-state index in [0.29, 0.717) is 13.0 Å². The molecule has 0 saturated carbocycles. The van der Waals surface area contributed by atoms with E-state index in [1.54, 1.807) is 6.21 Å². The van der Waals surface area contributed by atoms with Gasteiger partial charge in [0.15, 0.2) is 5.78 Å². The van der Waals surface area contributed by atoms with Gasteiger partial charge in [-0.1, -0.05) is 0 Å². The van der Waals surface area contributed by atoms with Crippen LogP contribution in [0.5, 0.6) is 0 Å². The third-order valence-corrected chi connectivity index (χ3v) is 1.44. The smallest absolute Gasteiger partial charge is 0.160 e. The largest absolute Gasteiger partial charge is 0.297 e. The first-order chi connectivity index (χ1) is 4.86. The Morgan fingerprint density at radius 3 is 3.30 bits per heavy atom. The van der Waals surface area contributed by atoms with Crippen LogP contribution in [0.2, 0.25) is 0 Å². The Labute approximate surface area is 57.4 Å². The summed E-state index contributed by atoms with van der Waals surface area (Å²) in [5.74, 6) is 0.119. The van der Waals surface area contributed by atoms with E-state index in [0.717, 1.165) is 11.4 Å². The molecule has 2 aliphatic rings. The first kappa shape index (κ1) is 5.46. The number of Topliss-reactive ketones (excluding diaryl/α,β-unsaturated/α-hetero) is 1. The maximum absolute atomic E-state index is 10.8. The van der Waals surface area contributed by atoms with Crippen LogP contribution in [0.25, 0.3) is 0 Å². The molecule has 0 radical (unpaired) electrons. The molecule has 4 heteroatoms. The summed E-state index contributed by atoms with van der Waals surface area (Å²) in [5, 5.41) is 7.38. The molecular weight excluding hydrogens is 130 g/mol. The van der Waals surface area contributed by atoms with Crippen molar-refractivity contribution in [2.24, 2.45) is 15.2 Å². The Morgan fingerprint density at radius 1 is 1.50 bits per heavy atom. The Bertz CT molecular complexity index is 275. The van der Waals surface area contributed by atoms with Gasteiger partial charge in [-0.05, 0) is 0 Å². The molecule has 2 rings (SSSR count). The van der Waals surface area contributed by atoms with Crippen LogP contribution in [-0.4, -0.2) is 30.0 Å². The molecule has 2 heterocycles. The average Bonchev–Trinajstić information content (AvgIpc) is 2.33.